The Hall–Kier alpha value is -3.03. The quantitative estimate of drug-likeness (QED) is 0.592. The molecule has 0 aliphatic carbocycles. The number of benzene rings is 1. The highest BCUT2D eigenvalue weighted by Gasteiger charge is 2.36. The van der Waals surface area contributed by atoms with Gasteiger partial charge in [0, 0.05) is 23.5 Å². The summed E-state index contributed by atoms with van der Waals surface area (Å²) in [6.07, 6.45) is -2.01. The lowest BCUT2D eigenvalue weighted by Crippen LogP contribution is -2.20. The lowest BCUT2D eigenvalue weighted by Gasteiger charge is -2.18. The van der Waals surface area contributed by atoms with E-state index in [1.54, 1.807) is 0 Å². The lowest BCUT2D eigenvalue weighted by molar-refractivity contribution is -0.144. The number of nitrogens with two attached hydrogens (primary N) is 2. The maximum atomic E-state index is 12.9. The van der Waals surface area contributed by atoms with Gasteiger partial charge < -0.3 is 5.73 Å². The molecule has 0 fully saturated rings. The van der Waals surface area contributed by atoms with Gasteiger partial charge in [-0.3, -0.25) is 9.78 Å². The Morgan fingerprint density at radius 3 is 2.47 bits per heavy atom. The zero-order chi connectivity index (χ0) is 22.3. The number of sulfonamides is 1. The molecule has 0 aliphatic heterocycles. The number of amides is 1. The number of rotatable bonds is 5. The zero-order valence-corrected chi connectivity index (χ0v) is 16.3. The number of carbonyl (C=O) groups excluding carboxylic acids is 1. The van der Waals surface area contributed by atoms with E-state index < -0.39 is 32.8 Å². The van der Waals surface area contributed by atoms with Crippen molar-refractivity contribution in [2.24, 2.45) is 10.9 Å². The number of pyridine rings is 1. The van der Waals surface area contributed by atoms with E-state index >= 15 is 0 Å². The number of hydrogen-bond acceptors (Lipinski definition) is 6. The molecular weight excluding hydrogens is 449 g/mol. The number of halogens is 4. The van der Waals surface area contributed by atoms with Crippen LogP contribution in [0.5, 0.6) is 0 Å². The number of alkyl halides is 3. The van der Waals surface area contributed by atoms with Crippen molar-refractivity contribution in [2.75, 3.05) is 0 Å². The molecule has 158 valence electrons. The molecule has 2 aromatic heterocycles. The van der Waals surface area contributed by atoms with Crippen LogP contribution in [0.2, 0.25) is 5.02 Å². The number of carbonyl (C=O) groups is 1. The van der Waals surface area contributed by atoms with Gasteiger partial charge in [-0.2, -0.15) is 13.2 Å². The summed E-state index contributed by atoms with van der Waals surface area (Å²) in [4.78, 5) is 17.9. The van der Waals surface area contributed by atoms with E-state index in [4.69, 9.17) is 22.5 Å². The van der Waals surface area contributed by atoms with Crippen LogP contribution in [-0.2, 0) is 27.4 Å². The second kappa shape index (κ2) is 7.66. The summed E-state index contributed by atoms with van der Waals surface area (Å²) in [7, 11) is -4.56. The first-order chi connectivity index (χ1) is 13.9. The maximum absolute atomic E-state index is 12.9. The summed E-state index contributed by atoms with van der Waals surface area (Å²) in [5.74, 6) is -2.26. The molecule has 0 unspecified atom stereocenters. The van der Waals surface area contributed by atoms with Crippen molar-refractivity contribution in [3.63, 3.8) is 0 Å². The van der Waals surface area contributed by atoms with Crippen LogP contribution in [0.4, 0.5) is 13.2 Å². The van der Waals surface area contributed by atoms with Gasteiger partial charge in [0.1, 0.15) is 11.2 Å². The van der Waals surface area contributed by atoms with Gasteiger partial charge in [-0.1, -0.05) is 17.7 Å². The molecule has 0 saturated carbocycles. The van der Waals surface area contributed by atoms with Crippen molar-refractivity contribution >= 4 is 27.5 Å². The van der Waals surface area contributed by atoms with Crippen LogP contribution in [0, 0.1) is 0 Å². The Bertz CT molecular complexity index is 1240. The second-order valence-electron chi connectivity index (χ2n) is 6.00. The largest absolute Gasteiger partial charge is 0.453 e. The topological polar surface area (TPSA) is 147 Å². The summed E-state index contributed by atoms with van der Waals surface area (Å²) in [6.45, 7) is 0. The van der Waals surface area contributed by atoms with E-state index in [1.807, 2.05) is 0 Å². The average Bonchev–Trinajstić information content (AvgIpc) is 3.11. The van der Waals surface area contributed by atoms with Crippen LogP contribution in [-0.4, -0.2) is 34.1 Å². The zero-order valence-electron chi connectivity index (χ0n) is 14.8. The minimum absolute atomic E-state index is 0.0137. The molecule has 30 heavy (non-hydrogen) atoms. The molecule has 1 aromatic carbocycles. The Labute approximate surface area is 172 Å². The number of primary amides is 1. The SMILES string of the molecule is NC(=O)Cc1ccc(-n2cnc(C(F)(F)F)n2)c(S(N)(=O)=O)c1-c1ccncc1Cl. The van der Waals surface area contributed by atoms with Crippen molar-refractivity contribution in [1.29, 1.82) is 0 Å². The van der Waals surface area contributed by atoms with Crippen LogP contribution >= 0.6 is 11.6 Å². The highest BCUT2D eigenvalue weighted by atomic mass is 35.5. The highest BCUT2D eigenvalue weighted by molar-refractivity contribution is 7.89. The van der Waals surface area contributed by atoms with Crippen molar-refractivity contribution < 1.29 is 26.4 Å². The molecule has 1 amide bonds. The molecule has 3 rings (SSSR count). The predicted molar refractivity (Wildman–Crippen MR) is 98.9 cm³/mol. The van der Waals surface area contributed by atoms with Crippen molar-refractivity contribution in [1.82, 2.24) is 19.7 Å². The van der Waals surface area contributed by atoms with Gasteiger partial charge >= 0.3 is 6.18 Å². The summed E-state index contributed by atoms with van der Waals surface area (Å²) in [5.41, 5.74) is 5.09. The van der Waals surface area contributed by atoms with Crippen LogP contribution in [0.25, 0.3) is 16.8 Å². The van der Waals surface area contributed by atoms with E-state index in [2.05, 4.69) is 15.1 Å². The molecule has 0 atom stereocenters. The first-order valence-electron chi connectivity index (χ1n) is 7.95. The number of aromatic nitrogens is 4. The maximum Gasteiger partial charge on any atom is 0.453 e. The van der Waals surface area contributed by atoms with Crippen molar-refractivity contribution in [3.8, 4) is 16.8 Å². The number of primary sulfonamides is 1. The molecule has 0 saturated heterocycles. The summed E-state index contributed by atoms with van der Waals surface area (Å²) >= 11 is 6.15. The fraction of sp³-hybridized carbons (Fsp3) is 0.125. The van der Waals surface area contributed by atoms with E-state index in [1.165, 1.54) is 24.5 Å². The van der Waals surface area contributed by atoms with Gasteiger partial charge in [0.25, 0.3) is 5.82 Å². The lowest BCUT2D eigenvalue weighted by atomic mass is 9.97. The van der Waals surface area contributed by atoms with Crippen LogP contribution in [0.3, 0.4) is 0 Å². The monoisotopic (exact) mass is 460 g/mol. The Morgan fingerprint density at radius 2 is 1.93 bits per heavy atom. The van der Waals surface area contributed by atoms with Crippen molar-refractivity contribution in [2.45, 2.75) is 17.5 Å². The fourth-order valence-corrected chi connectivity index (χ4v) is 3.99. The Morgan fingerprint density at radius 1 is 1.23 bits per heavy atom. The van der Waals surface area contributed by atoms with E-state index in [0.717, 1.165) is 6.07 Å². The summed E-state index contributed by atoms with van der Waals surface area (Å²) in [5, 5.41) is 8.70. The highest BCUT2D eigenvalue weighted by Crippen LogP contribution is 2.38. The van der Waals surface area contributed by atoms with Crippen molar-refractivity contribution in [3.05, 3.63) is 53.3 Å². The Balaban J connectivity index is 2.41. The van der Waals surface area contributed by atoms with Gasteiger partial charge in [0.15, 0.2) is 0 Å². The standard InChI is InChI=1S/C16H12ClF3N6O3S/c17-10-6-23-4-3-9(10)13-8(5-12(21)27)1-2-11(14(13)30(22,28)29)26-7-24-15(25-26)16(18,19)20/h1-4,6-7H,5H2,(H2,21,27)(H2,22,28,29). The third kappa shape index (κ3) is 4.27. The molecule has 9 nitrogen and oxygen atoms in total. The summed E-state index contributed by atoms with van der Waals surface area (Å²) in [6, 6.07) is 3.82. The third-order valence-electron chi connectivity index (χ3n) is 3.91. The van der Waals surface area contributed by atoms with Gasteiger partial charge in [0.2, 0.25) is 15.9 Å². The number of nitrogens with zero attached hydrogens (tertiary/aromatic N) is 4. The van der Waals surface area contributed by atoms with Gasteiger partial charge in [-0.25, -0.2) is 23.2 Å². The number of hydrogen-bond donors (Lipinski definition) is 2. The molecule has 0 radical (unpaired) electrons. The Kier molecular flexibility index (Phi) is 5.54. The molecule has 0 bridgehead atoms. The van der Waals surface area contributed by atoms with E-state index in [9.17, 15) is 26.4 Å². The normalized spacial score (nSPS) is 12.2. The van der Waals surface area contributed by atoms with Gasteiger partial charge in [-0.15, -0.1) is 5.10 Å². The molecule has 14 heteroatoms. The van der Waals surface area contributed by atoms with Gasteiger partial charge in [0.05, 0.1) is 17.1 Å². The third-order valence-corrected chi connectivity index (χ3v) is 5.19. The molecule has 0 aliphatic rings. The molecule has 4 N–H and O–H groups in total. The van der Waals surface area contributed by atoms with Crippen LogP contribution in [0.1, 0.15) is 11.4 Å². The first-order valence-corrected chi connectivity index (χ1v) is 9.88. The minimum atomic E-state index is -4.85. The predicted octanol–water partition coefficient (Wildman–Crippen LogP) is 1.68. The molecule has 3 aromatic rings. The summed E-state index contributed by atoms with van der Waals surface area (Å²) < 4.78 is 64.3. The molecule has 0 spiro atoms. The smallest absolute Gasteiger partial charge is 0.369 e. The van der Waals surface area contributed by atoms with Crippen LogP contribution in [0.15, 0.2) is 41.8 Å². The molecule has 2 heterocycles. The fourth-order valence-electron chi connectivity index (χ4n) is 2.80. The van der Waals surface area contributed by atoms with E-state index in [-0.39, 0.29) is 33.8 Å². The van der Waals surface area contributed by atoms with Crippen LogP contribution < -0.4 is 10.9 Å². The first kappa shape index (κ1) is 21.7. The average molecular weight is 461 g/mol. The second-order valence-corrected chi connectivity index (χ2v) is 7.91. The minimum Gasteiger partial charge on any atom is -0.369 e. The molecular formula is C16H12ClF3N6O3S. The van der Waals surface area contributed by atoms with Gasteiger partial charge in [-0.05, 0) is 17.7 Å². The van der Waals surface area contributed by atoms with E-state index in [0.29, 0.717) is 11.0 Å².